The second-order valence-corrected chi connectivity index (χ2v) is 8.52. The van der Waals surface area contributed by atoms with Crippen LogP contribution in [0.4, 0.5) is 4.39 Å². The highest BCUT2D eigenvalue weighted by molar-refractivity contribution is 7.89. The lowest BCUT2D eigenvalue weighted by molar-refractivity contribution is -0.135. The van der Waals surface area contributed by atoms with E-state index in [0.29, 0.717) is 19.5 Å². The van der Waals surface area contributed by atoms with Crippen molar-refractivity contribution in [2.75, 3.05) is 13.1 Å². The molecule has 0 aromatic heterocycles. The molecule has 0 saturated carbocycles. The molecule has 1 aromatic carbocycles. The molecule has 0 spiro atoms. The van der Waals surface area contributed by atoms with Crippen molar-refractivity contribution in [3.63, 3.8) is 0 Å². The number of likely N-dealkylation sites (tertiary alicyclic amines) is 1. The van der Waals surface area contributed by atoms with Crippen LogP contribution in [0, 0.1) is 18.7 Å². The van der Waals surface area contributed by atoms with Crippen LogP contribution in [0.2, 0.25) is 5.02 Å². The van der Waals surface area contributed by atoms with E-state index in [1.165, 1.54) is 13.0 Å². The summed E-state index contributed by atoms with van der Waals surface area (Å²) in [6.07, 6.45) is 1.36. The van der Waals surface area contributed by atoms with Crippen LogP contribution in [-0.4, -0.2) is 38.4 Å². The number of amides is 1. The summed E-state index contributed by atoms with van der Waals surface area (Å²) in [5, 5.41) is -0.156. The first-order valence-electron chi connectivity index (χ1n) is 7.88. The molecule has 1 amide bonds. The van der Waals surface area contributed by atoms with E-state index >= 15 is 0 Å². The molecule has 0 radical (unpaired) electrons. The average Bonchev–Trinajstić information content (AvgIpc) is 2.49. The minimum absolute atomic E-state index is 0.00885. The summed E-state index contributed by atoms with van der Waals surface area (Å²) in [6.45, 7) is 6.07. The van der Waals surface area contributed by atoms with Gasteiger partial charge in [0, 0.05) is 25.0 Å². The van der Waals surface area contributed by atoms with Gasteiger partial charge in [0.1, 0.15) is 10.7 Å². The number of hydrogen-bond acceptors (Lipinski definition) is 3. The molecule has 1 atom stereocenters. The van der Waals surface area contributed by atoms with Crippen LogP contribution in [-0.2, 0) is 14.8 Å². The van der Waals surface area contributed by atoms with Gasteiger partial charge in [0.25, 0.3) is 0 Å². The van der Waals surface area contributed by atoms with Crippen molar-refractivity contribution in [3.05, 3.63) is 28.5 Å². The van der Waals surface area contributed by atoms with Crippen molar-refractivity contribution in [2.45, 2.75) is 44.6 Å². The maximum Gasteiger partial charge on any atom is 0.242 e. The maximum absolute atomic E-state index is 13.5. The molecule has 1 unspecified atom stereocenters. The number of nitrogens with one attached hydrogen (secondary N) is 1. The number of aryl methyl sites for hydroxylation is 1. The number of halogens is 2. The van der Waals surface area contributed by atoms with E-state index in [9.17, 15) is 17.6 Å². The van der Waals surface area contributed by atoms with Crippen molar-refractivity contribution in [3.8, 4) is 0 Å². The fraction of sp³-hybridized carbons (Fsp3) is 0.562. The molecular weight excluding hydrogens is 355 g/mol. The molecule has 24 heavy (non-hydrogen) atoms. The number of piperidine rings is 1. The Hall–Kier alpha value is -1.18. The van der Waals surface area contributed by atoms with Crippen LogP contribution < -0.4 is 4.72 Å². The smallest absolute Gasteiger partial charge is 0.242 e. The Morgan fingerprint density at radius 2 is 2.08 bits per heavy atom. The largest absolute Gasteiger partial charge is 0.341 e. The number of hydrogen-bond donors (Lipinski definition) is 1. The van der Waals surface area contributed by atoms with Crippen LogP contribution in [0.5, 0.6) is 0 Å². The summed E-state index contributed by atoms with van der Waals surface area (Å²) >= 11 is 5.90. The molecular formula is C16H22ClFN2O3S. The van der Waals surface area contributed by atoms with E-state index in [1.807, 2.05) is 13.8 Å². The standard InChI is InChI=1S/C16H22ClFN2O3S/c1-10(2)16(21)20-6-4-5-12(9-20)19-24(22,23)15-7-11(3)14(18)8-13(15)17/h7-8,10,12,19H,4-6,9H2,1-3H3. The zero-order chi connectivity index (χ0) is 18.1. The third-order valence-corrected chi connectivity index (χ3v) is 6.04. The van der Waals surface area contributed by atoms with Crippen LogP contribution in [0.15, 0.2) is 17.0 Å². The van der Waals surface area contributed by atoms with Gasteiger partial charge in [-0.3, -0.25) is 4.79 Å². The molecule has 1 aromatic rings. The minimum atomic E-state index is -3.89. The van der Waals surface area contributed by atoms with Crippen molar-refractivity contribution in [1.29, 1.82) is 0 Å². The second kappa shape index (κ2) is 7.37. The van der Waals surface area contributed by atoms with Gasteiger partial charge in [-0.05, 0) is 37.5 Å². The van der Waals surface area contributed by atoms with Gasteiger partial charge in [-0.2, -0.15) is 0 Å². The first kappa shape index (κ1) is 19.1. The molecule has 0 bridgehead atoms. The zero-order valence-corrected chi connectivity index (χ0v) is 15.5. The van der Waals surface area contributed by atoms with E-state index < -0.39 is 15.8 Å². The molecule has 1 N–H and O–H groups in total. The van der Waals surface area contributed by atoms with Crippen LogP contribution in [0.1, 0.15) is 32.3 Å². The summed E-state index contributed by atoms with van der Waals surface area (Å²) in [6, 6.07) is 1.84. The van der Waals surface area contributed by atoms with Gasteiger partial charge in [0.15, 0.2) is 0 Å². The summed E-state index contributed by atoms with van der Waals surface area (Å²) in [7, 11) is -3.89. The predicted molar refractivity (Wildman–Crippen MR) is 90.9 cm³/mol. The van der Waals surface area contributed by atoms with E-state index in [1.54, 1.807) is 4.90 Å². The van der Waals surface area contributed by atoms with Gasteiger partial charge >= 0.3 is 0 Å². The van der Waals surface area contributed by atoms with Crippen LogP contribution in [0.3, 0.4) is 0 Å². The van der Waals surface area contributed by atoms with Crippen molar-refractivity contribution < 1.29 is 17.6 Å². The lowest BCUT2D eigenvalue weighted by Gasteiger charge is -2.34. The van der Waals surface area contributed by atoms with E-state index in [2.05, 4.69) is 4.72 Å². The molecule has 1 saturated heterocycles. The quantitative estimate of drug-likeness (QED) is 0.878. The normalized spacial score (nSPS) is 18.9. The molecule has 1 aliphatic rings. The molecule has 1 aliphatic heterocycles. The van der Waals surface area contributed by atoms with Gasteiger partial charge in [-0.15, -0.1) is 0 Å². The Bertz CT molecular complexity index is 737. The fourth-order valence-electron chi connectivity index (χ4n) is 2.76. The highest BCUT2D eigenvalue weighted by Gasteiger charge is 2.29. The first-order valence-corrected chi connectivity index (χ1v) is 9.74. The molecule has 8 heteroatoms. The third-order valence-electron chi connectivity index (χ3n) is 4.05. The van der Waals surface area contributed by atoms with Gasteiger partial charge in [0.2, 0.25) is 15.9 Å². The first-order chi connectivity index (χ1) is 11.1. The Labute approximate surface area is 147 Å². The summed E-state index contributed by atoms with van der Waals surface area (Å²) in [4.78, 5) is 13.6. The molecule has 1 fully saturated rings. The lowest BCUT2D eigenvalue weighted by atomic mass is 10.0. The minimum Gasteiger partial charge on any atom is -0.341 e. The van der Waals surface area contributed by atoms with Crippen LogP contribution in [0.25, 0.3) is 0 Å². The van der Waals surface area contributed by atoms with Gasteiger partial charge in [-0.1, -0.05) is 25.4 Å². The predicted octanol–water partition coefficient (Wildman–Crippen LogP) is 2.71. The van der Waals surface area contributed by atoms with Gasteiger partial charge < -0.3 is 4.90 Å². The van der Waals surface area contributed by atoms with E-state index in [0.717, 1.165) is 12.5 Å². The van der Waals surface area contributed by atoms with E-state index in [4.69, 9.17) is 11.6 Å². The Balaban J connectivity index is 2.17. The number of carbonyl (C=O) groups excluding carboxylic acids is 1. The zero-order valence-electron chi connectivity index (χ0n) is 14.0. The Kier molecular flexibility index (Phi) is 5.88. The number of sulfonamides is 1. The van der Waals surface area contributed by atoms with Gasteiger partial charge in [-0.25, -0.2) is 17.5 Å². The highest BCUT2D eigenvalue weighted by atomic mass is 35.5. The van der Waals surface area contributed by atoms with Crippen molar-refractivity contribution in [1.82, 2.24) is 9.62 Å². The number of nitrogens with zero attached hydrogens (tertiary/aromatic N) is 1. The highest BCUT2D eigenvalue weighted by Crippen LogP contribution is 2.25. The summed E-state index contributed by atoms with van der Waals surface area (Å²) < 4.78 is 41.2. The Morgan fingerprint density at radius 1 is 1.42 bits per heavy atom. The molecule has 0 aliphatic carbocycles. The molecule has 5 nitrogen and oxygen atoms in total. The third kappa shape index (κ3) is 4.26. The fourth-order valence-corrected chi connectivity index (χ4v) is 4.62. The number of benzene rings is 1. The lowest BCUT2D eigenvalue weighted by Crippen LogP contribution is -2.50. The molecule has 2 rings (SSSR count). The Morgan fingerprint density at radius 3 is 2.71 bits per heavy atom. The molecule has 1 heterocycles. The topological polar surface area (TPSA) is 66.5 Å². The number of carbonyl (C=O) groups is 1. The maximum atomic E-state index is 13.5. The average molecular weight is 377 g/mol. The monoisotopic (exact) mass is 376 g/mol. The van der Waals surface area contributed by atoms with Crippen molar-refractivity contribution >= 4 is 27.5 Å². The van der Waals surface area contributed by atoms with Gasteiger partial charge in [0.05, 0.1) is 5.02 Å². The summed E-state index contributed by atoms with van der Waals surface area (Å²) in [5.74, 6) is -0.672. The SMILES string of the molecule is Cc1cc(S(=O)(=O)NC2CCCN(C(=O)C(C)C)C2)c(Cl)cc1F. The molecule has 134 valence electrons. The number of rotatable bonds is 4. The van der Waals surface area contributed by atoms with Crippen LogP contribution >= 0.6 is 11.6 Å². The van der Waals surface area contributed by atoms with E-state index in [-0.39, 0.29) is 33.3 Å². The second-order valence-electron chi connectivity index (χ2n) is 6.43. The summed E-state index contributed by atoms with van der Waals surface area (Å²) in [5.41, 5.74) is 0.208. The van der Waals surface area contributed by atoms with Crippen molar-refractivity contribution in [2.24, 2.45) is 5.92 Å².